The number of nitro groups is 1. The Labute approximate surface area is 215 Å². The fourth-order valence-corrected chi connectivity index (χ4v) is 4.05. The molecule has 12 heteroatoms. The Morgan fingerprint density at radius 2 is 1.92 bits per heavy atom. The second kappa shape index (κ2) is 10.3. The normalized spacial score (nSPS) is 11.7. The molecule has 0 fully saturated rings. The van der Waals surface area contributed by atoms with E-state index in [1.54, 1.807) is 18.2 Å². The highest BCUT2D eigenvalue weighted by atomic mass is 79.9. The molecule has 4 aromatic rings. The quantitative estimate of drug-likeness (QED) is 0.114. The molecular weight excluding hydrogens is 557 g/mol. The zero-order chi connectivity index (χ0) is 26.7. The second-order valence-corrected chi connectivity index (χ2v) is 8.45. The van der Waals surface area contributed by atoms with Crippen LogP contribution in [0.15, 0.2) is 87.7 Å². The van der Waals surface area contributed by atoms with E-state index >= 15 is 0 Å². The number of rotatable bonds is 7. The maximum absolute atomic E-state index is 13.3. The van der Waals surface area contributed by atoms with Gasteiger partial charge in [-0.3, -0.25) is 14.9 Å². The zero-order valence-electron chi connectivity index (χ0n) is 18.8. The minimum Gasteiger partial charge on any atom is -0.482 e. The number of nitro benzene ring substituents is 1. The van der Waals surface area contributed by atoms with Gasteiger partial charge >= 0.3 is 11.9 Å². The zero-order valence-corrected chi connectivity index (χ0v) is 20.4. The van der Waals surface area contributed by atoms with Crippen LogP contribution in [-0.4, -0.2) is 27.4 Å². The smallest absolute Gasteiger partial charge is 0.416 e. The molecular formula is C25H16BrF3N4O4. The van der Waals surface area contributed by atoms with Gasteiger partial charge < -0.3 is 4.74 Å². The largest absolute Gasteiger partial charge is 0.482 e. The van der Waals surface area contributed by atoms with Gasteiger partial charge in [0.2, 0.25) is 5.75 Å². The van der Waals surface area contributed by atoms with Crippen molar-refractivity contribution in [1.82, 2.24) is 9.66 Å². The number of aromatic nitrogens is 2. The first-order valence-corrected chi connectivity index (χ1v) is 11.3. The molecule has 0 aliphatic rings. The Hall–Kier alpha value is -4.32. The van der Waals surface area contributed by atoms with Crippen molar-refractivity contribution in [2.75, 3.05) is 6.61 Å². The minimum atomic E-state index is -4.61. The Morgan fingerprint density at radius 1 is 1.16 bits per heavy atom. The third-order valence-electron chi connectivity index (χ3n) is 5.11. The summed E-state index contributed by atoms with van der Waals surface area (Å²) in [7, 11) is 0. The number of fused-ring (bicyclic) bond motifs is 1. The predicted molar refractivity (Wildman–Crippen MR) is 136 cm³/mol. The third kappa shape index (κ3) is 5.43. The first-order chi connectivity index (χ1) is 17.6. The maximum Gasteiger partial charge on any atom is 0.416 e. The molecule has 0 aliphatic heterocycles. The van der Waals surface area contributed by atoms with Gasteiger partial charge in [0.15, 0.2) is 5.82 Å². The van der Waals surface area contributed by atoms with E-state index < -0.39 is 22.2 Å². The van der Waals surface area contributed by atoms with Crippen LogP contribution in [0.1, 0.15) is 11.1 Å². The van der Waals surface area contributed by atoms with Gasteiger partial charge in [0, 0.05) is 17.2 Å². The highest BCUT2D eigenvalue weighted by molar-refractivity contribution is 9.10. The van der Waals surface area contributed by atoms with Crippen LogP contribution in [0.2, 0.25) is 0 Å². The summed E-state index contributed by atoms with van der Waals surface area (Å²) in [4.78, 5) is 28.6. The van der Waals surface area contributed by atoms with Gasteiger partial charge in [-0.25, -0.2) is 4.98 Å². The molecule has 1 heterocycles. The van der Waals surface area contributed by atoms with Gasteiger partial charge in [-0.2, -0.15) is 22.9 Å². The molecule has 8 nitrogen and oxygen atoms in total. The highest BCUT2D eigenvalue weighted by Gasteiger charge is 2.31. The summed E-state index contributed by atoms with van der Waals surface area (Å²) < 4.78 is 46.5. The number of alkyl halides is 3. The molecule has 0 atom stereocenters. The van der Waals surface area contributed by atoms with E-state index in [1.165, 1.54) is 42.6 Å². The van der Waals surface area contributed by atoms with Crippen molar-refractivity contribution >= 4 is 38.7 Å². The van der Waals surface area contributed by atoms with Crippen LogP contribution in [0.25, 0.3) is 22.3 Å². The molecule has 188 valence electrons. The first-order valence-electron chi connectivity index (χ1n) is 10.6. The number of nitrogens with zero attached hydrogens (tertiary/aromatic N) is 4. The van der Waals surface area contributed by atoms with Crippen LogP contribution >= 0.6 is 15.9 Å². The second-order valence-electron chi connectivity index (χ2n) is 7.60. The number of halogens is 4. The van der Waals surface area contributed by atoms with E-state index in [2.05, 4.69) is 32.6 Å². The maximum atomic E-state index is 13.3. The molecule has 0 saturated heterocycles. The number of benzene rings is 3. The number of ether oxygens (including phenoxy) is 1. The number of hydrogen-bond donors (Lipinski definition) is 0. The number of hydrogen-bond acceptors (Lipinski definition) is 6. The van der Waals surface area contributed by atoms with Crippen LogP contribution in [0.5, 0.6) is 5.75 Å². The molecule has 37 heavy (non-hydrogen) atoms. The van der Waals surface area contributed by atoms with Gasteiger partial charge in [-0.1, -0.05) is 36.9 Å². The van der Waals surface area contributed by atoms with Gasteiger partial charge in [-0.15, -0.1) is 0 Å². The summed E-state index contributed by atoms with van der Waals surface area (Å²) in [6, 6.07) is 13.4. The molecule has 0 saturated carbocycles. The Morgan fingerprint density at radius 3 is 2.62 bits per heavy atom. The summed E-state index contributed by atoms with van der Waals surface area (Å²) in [5, 5.41) is 15.9. The van der Waals surface area contributed by atoms with Crippen molar-refractivity contribution in [3.8, 4) is 17.1 Å². The molecule has 4 rings (SSSR count). The van der Waals surface area contributed by atoms with Crippen LogP contribution in [0.4, 0.5) is 18.9 Å². The monoisotopic (exact) mass is 572 g/mol. The highest BCUT2D eigenvalue weighted by Crippen LogP contribution is 2.36. The topological polar surface area (TPSA) is 99.6 Å². The molecule has 0 N–H and O–H groups in total. The number of para-hydroxylation sites is 1. The summed E-state index contributed by atoms with van der Waals surface area (Å²) in [6.07, 6.45) is -2.01. The molecule has 0 bridgehead atoms. The van der Waals surface area contributed by atoms with Crippen LogP contribution in [-0.2, 0) is 6.18 Å². The van der Waals surface area contributed by atoms with Crippen molar-refractivity contribution in [3.05, 3.63) is 109 Å². The lowest BCUT2D eigenvalue weighted by Crippen LogP contribution is -2.20. The summed E-state index contributed by atoms with van der Waals surface area (Å²) in [5.41, 5.74) is -1.41. The summed E-state index contributed by atoms with van der Waals surface area (Å²) >= 11 is 3.23. The lowest BCUT2D eigenvalue weighted by molar-refractivity contribution is -0.385. The van der Waals surface area contributed by atoms with E-state index in [-0.39, 0.29) is 50.4 Å². The minimum absolute atomic E-state index is 0.00941. The van der Waals surface area contributed by atoms with Gasteiger partial charge in [0.25, 0.3) is 5.56 Å². The lowest BCUT2D eigenvalue weighted by Gasteiger charge is -2.12. The van der Waals surface area contributed by atoms with Crippen molar-refractivity contribution in [1.29, 1.82) is 0 Å². The molecule has 0 amide bonds. The average Bonchev–Trinajstić information content (AvgIpc) is 2.86. The summed E-state index contributed by atoms with van der Waals surface area (Å²) in [5.74, 6) is -0.151. The fraction of sp³-hybridized carbons (Fsp3) is 0.0800. The van der Waals surface area contributed by atoms with E-state index in [9.17, 15) is 28.1 Å². The van der Waals surface area contributed by atoms with Crippen LogP contribution in [0.3, 0.4) is 0 Å². The van der Waals surface area contributed by atoms with E-state index in [0.29, 0.717) is 0 Å². The van der Waals surface area contributed by atoms with Crippen molar-refractivity contribution in [2.45, 2.75) is 6.18 Å². The third-order valence-corrected chi connectivity index (χ3v) is 5.70. The molecule has 0 radical (unpaired) electrons. The predicted octanol–water partition coefficient (Wildman–Crippen LogP) is 6.20. The van der Waals surface area contributed by atoms with Crippen molar-refractivity contribution < 1.29 is 22.8 Å². The van der Waals surface area contributed by atoms with Gasteiger partial charge in [0.05, 0.1) is 32.1 Å². The molecule has 0 unspecified atom stereocenters. The Balaban J connectivity index is 1.89. The summed E-state index contributed by atoms with van der Waals surface area (Å²) in [6.45, 7) is 3.54. The molecule has 3 aromatic carbocycles. The van der Waals surface area contributed by atoms with E-state index in [1.807, 2.05) is 0 Å². The molecule has 0 aliphatic carbocycles. The van der Waals surface area contributed by atoms with E-state index in [0.717, 1.165) is 16.8 Å². The Kier molecular flexibility index (Phi) is 7.21. The molecule has 1 aromatic heterocycles. The van der Waals surface area contributed by atoms with Gasteiger partial charge in [0.1, 0.15) is 6.61 Å². The fourth-order valence-electron chi connectivity index (χ4n) is 3.47. The Bertz CT molecular complexity index is 1620. The van der Waals surface area contributed by atoms with Crippen molar-refractivity contribution in [2.24, 2.45) is 5.10 Å². The SMILES string of the molecule is C=CCOc1c(Br)cc(C=Nn2c(-c3cccc(C(F)(F)F)c3)nc3ccccc3c2=O)cc1[N+](=O)[O-]. The van der Waals surface area contributed by atoms with Crippen LogP contribution < -0.4 is 10.3 Å². The van der Waals surface area contributed by atoms with E-state index in [4.69, 9.17) is 4.74 Å². The standard InChI is InChI=1S/C25H16BrF3N4O4/c1-2-10-37-22-19(26)11-15(12-21(22)33(35)36)14-30-32-23(16-6-5-7-17(13-16)25(27,28)29)31-20-9-4-3-8-18(20)24(32)34/h2-9,11-14H,1,10H2. The first kappa shape index (κ1) is 25.8. The molecule has 0 spiro atoms. The van der Waals surface area contributed by atoms with Crippen LogP contribution in [0, 0.1) is 10.1 Å². The van der Waals surface area contributed by atoms with Crippen molar-refractivity contribution in [3.63, 3.8) is 0 Å². The lowest BCUT2D eigenvalue weighted by atomic mass is 10.1. The average molecular weight is 573 g/mol. The van der Waals surface area contributed by atoms with Gasteiger partial charge in [-0.05, 0) is 46.3 Å².